The largest absolute Gasteiger partial charge is 0.352 e. The molecule has 1 aromatic carbocycles. The molecule has 0 saturated carbocycles. The smallest absolute Gasteiger partial charge is 0.103 e. The van der Waals surface area contributed by atoms with Crippen LogP contribution in [0, 0.1) is 18.3 Å². The van der Waals surface area contributed by atoms with Crippen LogP contribution in [0.15, 0.2) is 28.9 Å². The van der Waals surface area contributed by atoms with Crippen molar-refractivity contribution in [3.8, 4) is 6.07 Å². The number of nitrogens with zero attached hydrogens (tertiary/aromatic N) is 3. The highest BCUT2D eigenvalue weighted by Gasteiger charge is 2.08. The minimum Gasteiger partial charge on any atom is -0.352 e. The van der Waals surface area contributed by atoms with Gasteiger partial charge in [0.25, 0.3) is 0 Å². The van der Waals surface area contributed by atoms with E-state index in [1.54, 1.807) is 4.68 Å². The third-order valence-electron chi connectivity index (χ3n) is 2.41. The Hall–Kier alpha value is -1.80. The van der Waals surface area contributed by atoms with E-state index in [0.717, 1.165) is 21.5 Å². The van der Waals surface area contributed by atoms with Crippen molar-refractivity contribution in [3.05, 3.63) is 40.1 Å². The molecule has 4 nitrogen and oxygen atoms in total. The van der Waals surface area contributed by atoms with Gasteiger partial charge in [0.1, 0.15) is 6.07 Å². The fourth-order valence-corrected chi connectivity index (χ4v) is 2.06. The lowest BCUT2D eigenvalue weighted by Crippen LogP contribution is -1.94. The lowest BCUT2D eigenvalue weighted by atomic mass is 10.2. The summed E-state index contributed by atoms with van der Waals surface area (Å²) < 4.78 is 2.52. The van der Waals surface area contributed by atoms with Crippen LogP contribution in [0.3, 0.4) is 0 Å². The molecule has 0 aliphatic carbocycles. The van der Waals surface area contributed by atoms with E-state index in [0.29, 0.717) is 5.56 Å². The molecule has 0 fully saturated rings. The molecule has 0 unspecified atom stereocenters. The fraction of sp³-hybridized carbons (Fsp3) is 0.167. The summed E-state index contributed by atoms with van der Waals surface area (Å²) in [7, 11) is 1.87. The summed E-state index contributed by atoms with van der Waals surface area (Å²) in [5, 5.41) is 16.6. The maximum atomic E-state index is 9.11. The van der Waals surface area contributed by atoms with Crippen molar-refractivity contribution >= 4 is 27.3 Å². The van der Waals surface area contributed by atoms with Gasteiger partial charge in [0.05, 0.1) is 22.6 Å². The summed E-state index contributed by atoms with van der Waals surface area (Å²) in [6.45, 7) is 1.92. The van der Waals surface area contributed by atoms with Gasteiger partial charge in [0.2, 0.25) is 0 Å². The van der Waals surface area contributed by atoms with Gasteiger partial charge in [-0.3, -0.25) is 4.68 Å². The van der Waals surface area contributed by atoms with Crippen LogP contribution >= 0.6 is 15.9 Å². The average Bonchev–Trinajstić information content (AvgIpc) is 2.58. The molecule has 0 aliphatic rings. The Balaban J connectivity index is 2.40. The quantitative estimate of drug-likeness (QED) is 0.925. The highest BCUT2D eigenvalue weighted by molar-refractivity contribution is 9.10. The van der Waals surface area contributed by atoms with Crippen LogP contribution < -0.4 is 5.32 Å². The normalized spacial score (nSPS) is 10.0. The Morgan fingerprint density at radius 3 is 2.76 bits per heavy atom. The van der Waals surface area contributed by atoms with Gasteiger partial charge >= 0.3 is 0 Å². The monoisotopic (exact) mass is 290 g/mol. The van der Waals surface area contributed by atoms with E-state index in [9.17, 15) is 0 Å². The number of anilines is 2. The second-order valence-electron chi connectivity index (χ2n) is 3.70. The molecular formula is C12H11BrN4. The highest BCUT2D eigenvalue weighted by Crippen LogP contribution is 2.27. The van der Waals surface area contributed by atoms with Crippen LogP contribution in [0.4, 0.5) is 11.4 Å². The van der Waals surface area contributed by atoms with Crippen LogP contribution in [-0.2, 0) is 7.05 Å². The first-order valence-corrected chi connectivity index (χ1v) is 5.87. The van der Waals surface area contributed by atoms with Crippen molar-refractivity contribution in [3.63, 3.8) is 0 Å². The number of aryl methyl sites for hydroxylation is 2. The molecular weight excluding hydrogens is 280 g/mol. The number of benzene rings is 1. The second kappa shape index (κ2) is 4.60. The van der Waals surface area contributed by atoms with Crippen molar-refractivity contribution in [1.82, 2.24) is 9.78 Å². The van der Waals surface area contributed by atoms with E-state index >= 15 is 0 Å². The number of aromatic nitrogens is 2. The fourth-order valence-electron chi connectivity index (χ4n) is 1.61. The maximum absolute atomic E-state index is 9.11. The molecule has 0 bridgehead atoms. The van der Waals surface area contributed by atoms with Gasteiger partial charge in [0.15, 0.2) is 0 Å². The van der Waals surface area contributed by atoms with Crippen molar-refractivity contribution in [2.75, 3.05) is 5.32 Å². The van der Waals surface area contributed by atoms with Gasteiger partial charge in [-0.1, -0.05) is 6.07 Å². The minimum absolute atomic E-state index is 0.593. The van der Waals surface area contributed by atoms with Gasteiger partial charge in [-0.15, -0.1) is 0 Å². The zero-order valence-corrected chi connectivity index (χ0v) is 11.1. The molecule has 0 radical (unpaired) electrons. The first-order chi connectivity index (χ1) is 8.11. The third-order valence-corrected chi connectivity index (χ3v) is 3.07. The summed E-state index contributed by atoms with van der Waals surface area (Å²) in [5.74, 6) is 0. The van der Waals surface area contributed by atoms with Gasteiger partial charge < -0.3 is 5.32 Å². The second-order valence-corrected chi connectivity index (χ2v) is 4.56. The molecule has 1 N–H and O–H groups in total. The Kier molecular flexibility index (Phi) is 3.16. The Morgan fingerprint density at radius 1 is 1.41 bits per heavy atom. The standard InChI is InChI=1S/C12H11BrN4/c1-8-12(7-17(2)16-8)15-11-5-3-4-10(13)9(11)6-14/h3-5,7,15H,1-2H3. The lowest BCUT2D eigenvalue weighted by molar-refractivity contribution is 0.756. The average molecular weight is 291 g/mol. The summed E-state index contributed by atoms with van der Waals surface area (Å²) in [5.41, 5.74) is 3.17. The maximum Gasteiger partial charge on any atom is 0.103 e. The number of nitriles is 1. The van der Waals surface area contributed by atoms with E-state index in [1.165, 1.54) is 0 Å². The lowest BCUT2D eigenvalue weighted by Gasteiger charge is -2.07. The Morgan fingerprint density at radius 2 is 2.18 bits per heavy atom. The van der Waals surface area contributed by atoms with E-state index in [2.05, 4.69) is 32.4 Å². The molecule has 0 amide bonds. The van der Waals surface area contributed by atoms with E-state index < -0.39 is 0 Å². The van der Waals surface area contributed by atoms with Crippen molar-refractivity contribution < 1.29 is 0 Å². The van der Waals surface area contributed by atoms with Crippen molar-refractivity contribution in [1.29, 1.82) is 5.26 Å². The van der Waals surface area contributed by atoms with Crippen LogP contribution in [0.5, 0.6) is 0 Å². The summed E-state index contributed by atoms with van der Waals surface area (Å²) in [6, 6.07) is 7.78. The van der Waals surface area contributed by atoms with Gasteiger partial charge in [-0.2, -0.15) is 10.4 Å². The number of hydrogen-bond donors (Lipinski definition) is 1. The highest BCUT2D eigenvalue weighted by atomic mass is 79.9. The molecule has 86 valence electrons. The van der Waals surface area contributed by atoms with Crippen molar-refractivity contribution in [2.45, 2.75) is 6.92 Å². The zero-order valence-electron chi connectivity index (χ0n) is 9.53. The molecule has 17 heavy (non-hydrogen) atoms. The van der Waals surface area contributed by atoms with Crippen molar-refractivity contribution in [2.24, 2.45) is 7.05 Å². The molecule has 1 aromatic heterocycles. The van der Waals surface area contributed by atoms with Gasteiger partial charge in [0, 0.05) is 17.7 Å². The third kappa shape index (κ3) is 2.32. The molecule has 0 spiro atoms. The summed E-state index contributed by atoms with van der Waals surface area (Å²) in [4.78, 5) is 0. The van der Waals surface area contributed by atoms with Crippen LogP contribution in [0.2, 0.25) is 0 Å². The predicted octanol–water partition coefficient (Wildman–Crippen LogP) is 3.11. The number of nitrogens with one attached hydrogen (secondary N) is 1. The molecule has 2 rings (SSSR count). The molecule has 0 atom stereocenters. The molecule has 0 aliphatic heterocycles. The first kappa shape index (κ1) is 11.7. The molecule has 1 heterocycles. The van der Waals surface area contributed by atoms with E-state index in [-0.39, 0.29) is 0 Å². The van der Waals surface area contributed by atoms with Crippen LogP contribution in [-0.4, -0.2) is 9.78 Å². The number of hydrogen-bond acceptors (Lipinski definition) is 3. The first-order valence-electron chi connectivity index (χ1n) is 5.07. The molecule has 5 heteroatoms. The number of halogens is 1. The number of rotatable bonds is 2. The van der Waals surface area contributed by atoms with E-state index in [1.807, 2.05) is 38.4 Å². The summed E-state index contributed by atoms with van der Waals surface area (Å²) >= 11 is 3.36. The van der Waals surface area contributed by atoms with Gasteiger partial charge in [-0.05, 0) is 35.0 Å². The Labute approximate surface area is 108 Å². The minimum atomic E-state index is 0.593. The predicted molar refractivity (Wildman–Crippen MR) is 70.1 cm³/mol. The molecule has 0 saturated heterocycles. The topological polar surface area (TPSA) is 53.6 Å². The summed E-state index contributed by atoms with van der Waals surface area (Å²) in [6.07, 6.45) is 1.89. The molecule has 2 aromatic rings. The van der Waals surface area contributed by atoms with Gasteiger partial charge in [-0.25, -0.2) is 0 Å². The zero-order chi connectivity index (χ0) is 12.4. The van der Waals surface area contributed by atoms with E-state index in [4.69, 9.17) is 5.26 Å². The van der Waals surface area contributed by atoms with Crippen LogP contribution in [0.1, 0.15) is 11.3 Å². The SMILES string of the molecule is Cc1nn(C)cc1Nc1cccc(Br)c1C#N. The Bertz CT molecular complexity index is 595. The van der Waals surface area contributed by atoms with Crippen LogP contribution in [0.25, 0.3) is 0 Å².